The summed E-state index contributed by atoms with van der Waals surface area (Å²) in [7, 11) is 0. The van der Waals surface area contributed by atoms with Crippen LogP contribution in [0, 0.1) is 23.4 Å². The van der Waals surface area contributed by atoms with Gasteiger partial charge in [-0.25, -0.2) is 13.2 Å². The van der Waals surface area contributed by atoms with E-state index in [1.807, 2.05) is 0 Å². The number of hydrogen-bond acceptors (Lipinski definition) is 3. The fraction of sp³-hybridized carbons (Fsp3) is 0.222. The number of rotatable bonds is 8. The number of benzene rings is 3. The molecule has 0 heterocycles. The molecule has 228 valence electrons. The SMILES string of the molecule is O=C(Cc1c(F)ccc(CC(=O)C(F)(F)F)c1F)c1cc(NC(=O)[C@H]2[C@H](c3cc(Cl)c(Cl)c(Cl)c3)C2(Cl)Cl)cc(F)c1Cl. The summed E-state index contributed by atoms with van der Waals surface area (Å²) >= 11 is 36.6. The van der Waals surface area contributed by atoms with E-state index in [9.17, 15) is 40.7 Å². The average molecular weight is 726 g/mol. The zero-order valence-corrected chi connectivity index (χ0v) is 25.3. The number of amides is 1. The van der Waals surface area contributed by atoms with Crippen molar-refractivity contribution in [2.24, 2.45) is 5.92 Å². The van der Waals surface area contributed by atoms with Crippen molar-refractivity contribution in [2.45, 2.75) is 29.3 Å². The number of alkyl halides is 5. The fourth-order valence-corrected chi connectivity index (χ4v) is 6.04. The first-order valence-electron chi connectivity index (χ1n) is 11.8. The summed E-state index contributed by atoms with van der Waals surface area (Å²) in [6.45, 7) is 0. The Morgan fingerprint density at radius 2 is 1.44 bits per heavy atom. The van der Waals surface area contributed by atoms with Gasteiger partial charge in [-0.2, -0.15) is 13.2 Å². The molecule has 1 amide bonds. The summed E-state index contributed by atoms with van der Waals surface area (Å²) in [4.78, 5) is 37.3. The van der Waals surface area contributed by atoms with Crippen molar-refractivity contribution in [1.29, 1.82) is 0 Å². The number of nitrogens with one attached hydrogen (secondary N) is 1. The Labute approximate surface area is 269 Å². The van der Waals surface area contributed by atoms with Gasteiger partial charge in [0.1, 0.15) is 21.8 Å². The normalized spacial score (nSPS) is 17.5. The molecule has 43 heavy (non-hydrogen) atoms. The van der Waals surface area contributed by atoms with Gasteiger partial charge in [0.15, 0.2) is 5.78 Å². The second-order valence-electron chi connectivity index (χ2n) is 9.43. The highest BCUT2D eigenvalue weighted by Crippen LogP contribution is 2.65. The number of anilines is 1. The smallest absolute Gasteiger partial charge is 0.326 e. The quantitative estimate of drug-likeness (QED) is 0.109. The van der Waals surface area contributed by atoms with Crippen LogP contribution in [0.4, 0.5) is 32.0 Å². The van der Waals surface area contributed by atoms with Crippen LogP contribution in [0.15, 0.2) is 36.4 Å². The minimum absolute atomic E-state index is 0.0681. The van der Waals surface area contributed by atoms with Crippen molar-refractivity contribution in [3.63, 3.8) is 0 Å². The largest absolute Gasteiger partial charge is 0.450 e. The number of halogens is 12. The van der Waals surface area contributed by atoms with Gasteiger partial charge in [0.25, 0.3) is 0 Å². The van der Waals surface area contributed by atoms with Crippen LogP contribution in [-0.4, -0.2) is 28.0 Å². The van der Waals surface area contributed by atoms with E-state index in [0.717, 1.165) is 12.1 Å². The molecular weight excluding hydrogens is 713 g/mol. The molecule has 0 aliphatic heterocycles. The Morgan fingerprint density at radius 1 is 0.837 bits per heavy atom. The lowest BCUT2D eigenvalue weighted by atomic mass is 9.97. The highest BCUT2D eigenvalue weighted by atomic mass is 35.5. The van der Waals surface area contributed by atoms with Crippen molar-refractivity contribution in [3.05, 3.63) is 96.2 Å². The van der Waals surface area contributed by atoms with Crippen LogP contribution in [0.3, 0.4) is 0 Å². The molecule has 0 bridgehead atoms. The van der Waals surface area contributed by atoms with Crippen LogP contribution in [-0.2, 0) is 22.4 Å². The lowest BCUT2D eigenvalue weighted by molar-refractivity contribution is -0.170. The topological polar surface area (TPSA) is 63.2 Å². The van der Waals surface area contributed by atoms with Crippen molar-refractivity contribution in [2.75, 3.05) is 5.32 Å². The van der Waals surface area contributed by atoms with Gasteiger partial charge in [0.2, 0.25) is 11.7 Å². The fourth-order valence-electron chi connectivity index (χ4n) is 4.38. The van der Waals surface area contributed by atoms with E-state index in [0.29, 0.717) is 17.7 Å². The summed E-state index contributed by atoms with van der Waals surface area (Å²) < 4.78 is 80.2. The molecule has 0 unspecified atom stereocenters. The van der Waals surface area contributed by atoms with Crippen LogP contribution in [0.5, 0.6) is 0 Å². The number of carbonyl (C=O) groups is 3. The maximum absolute atomic E-state index is 14.9. The first-order chi connectivity index (χ1) is 19.8. The van der Waals surface area contributed by atoms with Crippen LogP contribution >= 0.6 is 69.6 Å². The predicted molar refractivity (Wildman–Crippen MR) is 151 cm³/mol. The lowest BCUT2D eigenvalue weighted by Crippen LogP contribution is -2.25. The number of carbonyl (C=O) groups excluding carboxylic acids is 3. The maximum Gasteiger partial charge on any atom is 0.450 e. The van der Waals surface area contributed by atoms with Gasteiger partial charge in [0.05, 0.1) is 26.0 Å². The van der Waals surface area contributed by atoms with Gasteiger partial charge in [-0.1, -0.05) is 52.5 Å². The predicted octanol–water partition coefficient (Wildman–Crippen LogP) is 9.34. The maximum atomic E-state index is 14.9. The van der Waals surface area contributed by atoms with Gasteiger partial charge < -0.3 is 5.32 Å². The number of Topliss-reactive ketones (excluding diaryl/α,β-unsaturated/α-hetero) is 2. The molecule has 0 saturated heterocycles. The molecule has 4 rings (SSSR count). The second-order valence-corrected chi connectivity index (χ2v) is 12.4. The van der Waals surface area contributed by atoms with Crippen LogP contribution in [0.1, 0.15) is 33.0 Å². The van der Waals surface area contributed by atoms with Gasteiger partial charge in [-0.15, -0.1) is 23.2 Å². The Kier molecular flexibility index (Phi) is 9.63. The van der Waals surface area contributed by atoms with Crippen LogP contribution in [0.25, 0.3) is 0 Å². The third kappa shape index (κ3) is 6.89. The molecule has 1 aliphatic rings. The second kappa shape index (κ2) is 12.3. The molecule has 1 saturated carbocycles. The van der Waals surface area contributed by atoms with Gasteiger partial charge in [-0.05, 0) is 41.5 Å². The molecule has 1 N–H and O–H groups in total. The first kappa shape index (κ1) is 33.7. The average Bonchev–Trinajstić information content (AvgIpc) is 3.49. The number of hydrogen-bond donors (Lipinski definition) is 1. The highest BCUT2D eigenvalue weighted by Gasteiger charge is 2.67. The molecule has 0 radical (unpaired) electrons. The number of ketones is 2. The summed E-state index contributed by atoms with van der Waals surface area (Å²) in [6.07, 6.45) is -7.82. The Balaban J connectivity index is 1.57. The molecule has 0 spiro atoms. The van der Waals surface area contributed by atoms with Crippen LogP contribution < -0.4 is 5.32 Å². The molecule has 4 nitrogen and oxygen atoms in total. The Hall–Kier alpha value is -2.21. The molecule has 2 atom stereocenters. The highest BCUT2D eigenvalue weighted by molar-refractivity contribution is 6.54. The van der Waals surface area contributed by atoms with Crippen molar-refractivity contribution in [1.82, 2.24) is 0 Å². The van der Waals surface area contributed by atoms with Crippen molar-refractivity contribution >= 4 is 92.8 Å². The van der Waals surface area contributed by atoms with Gasteiger partial charge in [-0.3, -0.25) is 14.4 Å². The van der Waals surface area contributed by atoms with Crippen LogP contribution in [0.2, 0.25) is 20.1 Å². The molecule has 3 aromatic rings. The lowest BCUT2D eigenvalue weighted by Gasteiger charge is -2.12. The van der Waals surface area contributed by atoms with Gasteiger partial charge >= 0.3 is 6.18 Å². The van der Waals surface area contributed by atoms with E-state index < -0.39 is 91.8 Å². The van der Waals surface area contributed by atoms with E-state index >= 15 is 0 Å². The third-order valence-electron chi connectivity index (χ3n) is 6.57. The van der Waals surface area contributed by atoms with E-state index in [2.05, 4.69) is 5.32 Å². The summed E-state index contributed by atoms with van der Waals surface area (Å²) in [5, 5.41) is 1.81. The monoisotopic (exact) mass is 723 g/mol. The van der Waals surface area contributed by atoms with E-state index in [4.69, 9.17) is 69.6 Å². The zero-order valence-electron chi connectivity index (χ0n) is 20.8. The molecule has 16 heteroatoms. The molecule has 0 aromatic heterocycles. The first-order valence-corrected chi connectivity index (χ1v) is 14.0. The van der Waals surface area contributed by atoms with E-state index in [1.54, 1.807) is 0 Å². The summed E-state index contributed by atoms with van der Waals surface area (Å²) in [5.74, 6) is -10.2. The molecular formula is C27H13Cl6F6NO3. The summed E-state index contributed by atoms with van der Waals surface area (Å²) in [6, 6.07) is 5.74. The zero-order chi connectivity index (χ0) is 32.2. The minimum Gasteiger partial charge on any atom is -0.326 e. The summed E-state index contributed by atoms with van der Waals surface area (Å²) in [5.41, 5.74) is -2.32. The minimum atomic E-state index is -5.27. The van der Waals surface area contributed by atoms with Crippen molar-refractivity contribution in [3.8, 4) is 0 Å². The molecule has 3 aromatic carbocycles. The Bertz CT molecular complexity index is 1660. The molecule has 1 fully saturated rings. The van der Waals surface area contributed by atoms with E-state index in [-0.39, 0.29) is 20.8 Å². The van der Waals surface area contributed by atoms with E-state index in [1.165, 1.54) is 12.1 Å². The van der Waals surface area contributed by atoms with Gasteiger partial charge in [0, 0.05) is 35.6 Å². The third-order valence-corrected chi connectivity index (χ3v) is 9.09. The molecule has 1 aliphatic carbocycles. The Morgan fingerprint density at radius 3 is 2.02 bits per heavy atom. The standard InChI is InChI=1S/C27H13Cl6F6NO3/c28-14-3-10(4-15(29)23(14)31)20-21(26(20,32)33)25(43)40-11-6-13(22(30)17(35)7-11)18(41)8-12-16(34)2-1-9(24(12)36)5-19(42)27(37,38)39/h1-4,6-7,20-21H,5,8H2,(H,40,43)/t20-,21+/m0/s1. The van der Waals surface area contributed by atoms with Crippen molar-refractivity contribution < 1.29 is 40.7 Å².